The van der Waals surface area contributed by atoms with E-state index in [1.807, 2.05) is 28.8 Å². The lowest BCUT2D eigenvalue weighted by molar-refractivity contribution is -0.118. The van der Waals surface area contributed by atoms with Crippen LogP contribution in [-0.4, -0.2) is 41.5 Å². The average molecular weight is 375 g/mol. The maximum absolute atomic E-state index is 13.0. The number of nitrogens with one attached hydrogen (secondary N) is 1. The molecule has 0 bridgehead atoms. The van der Waals surface area contributed by atoms with Crippen LogP contribution in [0.4, 0.5) is 0 Å². The molecule has 1 amide bonds. The molecule has 3 rings (SSSR count). The van der Waals surface area contributed by atoms with Crippen molar-refractivity contribution in [2.75, 3.05) is 26.0 Å². The zero-order valence-corrected chi connectivity index (χ0v) is 15.9. The number of ether oxygens (including phenoxy) is 1. The van der Waals surface area contributed by atoms with Crippen molar-refractivity contribution in [3.8, 4) is 0 Å². The molecule has 0 atom stereocenters. The van der Waals surface area contributed by atoms with Crippen LogP contribution in [0.5, 0.6) is 0 Å². The summed E-state index contributed by atoms with van der Waals surface area (Å²) in [5.41, 5.74) is 0.695. The summed E-state index contributed by atoms with van der Waals surface area (Å²) in [6.07, 6.45) is 5.05. The molecule has 6 nitrogen and oxygen atoms in total. The number of rotatable bonds is 8. The smallest absolute Gasteiger partial charge is 0.262 e. The third-order valence-electron chi connectivity index (χ3n) is 4.65. The number of hydrogen-bond donors (Lipinski definition) is 1. The van der Waals surface area contributed by atoms with Gasteiger partial charge in [-0.25, -0.2) is 4.98 Å². The molecule has 0 aliphatic heterocycles. The first-order valence-corrected chi connectivity index (χ1v) is 10.1. The van der Waals surface area contributed by atoms with E-state index in [2.05, 4.69) is 10.3 Å². The molecule has 1 N–H and O–H groups in total. The molecule has 1 saturated carbocycles. The number of aromatic nitrogens is 2. The monoisotopic (exact) mass is 375 g/mol. The molecule has 0 spiro atoms. The Kier molecular flexibility index (Phi) is 6.68. The molecule has 1 aliphatic carbocycles. The van der Waals surface area contributed by atoms with Crippen LogP contribution in [0.25, 0.3) is 10.9 Å². The van der Waals surface area contributed by atoms with Crippen molar-refractivity contribution in [2.45, 2.75) is 43.3 Å². The molecule has 0 radical (unpaired) electrons. The molecule has 0 unspecified atom stereocenters. The lowest BCUT2D eigenvalue weighted by atomic mass is 10.2. The maximum atomic E-state index is 13.0. The van der Waals surface area contributed by atoms with Gasteiger partial charge in [0.1, 0.15) is 0 Å². The summed E-state index contributed by atoms with van der Waals surface area (Å²) < 4.78 is 6.79. The Balaban J connectivity index is 1.79. The highest BCUT2D eigenvalue weighted by molar-refractivity contribution is 7.99. The van der Waals surface area contributed by atoms with Crippen LogP contribution in [-0.2, 0) is 9.53 Å². The van der Waals surface area contributed by atoms with E-state index >= 15 is 0 Å². The quantitative estimate of drug-likeness (QED) is 0.436. The number of nitrogens with zero attached hydrogens (tertiary/aromatic N) is 2. The van der Waals surface area contributed by atoms with Crippen molar-refractivity contribution in [1.29, 1.82) is 0 Å². The zero-order chi connectivity index (χ0) is 18.4. The fourth-order valence-electron chi connectivity index (χ4n) is 3.34. The van der Waals surface area contributed by atoms with E-state index < -0.39 is 0 Å². The van der Waals surface area contributed by atoms with Gasteiger partial charge in [-0.3, -0.25) is 14.2 Å². The highest BCUT2D eigenvalue weighted by Crippen LogP contribution is 2.32. The number of carbonyl (C=O) groups is 1. The van der Waals surface area contributed by atoms with Gasteiger partial charge in [0, 0.05) is 26.3 Å². The predicted octanol–water partition coefficient (Wildman–Crippen LogP) is 2.76. The van der Waals surface area contributed by atoms with Crippen LogP contribution in [0.3, 0.4) is 0 Å². The summed E-state index contributed by atoms with van der Waals surface area (Å²) in [6.45, 7) is 1.22. The number of hydrogen-bond acceptors (Lipinski definition) is 5. The molecular weight excluding hydrogens is 350 g/mol. The van der Waals surface area contributed by atoms with E-state index in [0.717, 1.165) is 32.1 Å². The lowest BCUT2D eigenvalue weighted by Gasteiger charge is -2.18. The van der Waals surface area contributed by atoms with Gasteiger partial charge in [-0.1, -0.05) is 36.7 Å². The Bertz CT molecular complexity index is 815. The highest BCUT2D eigenvalue weighted by atomic mass is 32.2. The molecule has 1 fully saturated rings. The number of methoxy groups -OCH3 is 1. The van der Waals surface area contributed by atoms with Crippen molar-refractivity contribution >= 4 is 28.6 Å². The van der Waals surface area contributed by atoms with Crippen molar-refractivity contribution in [1.82, 2.24) is 14.9 Å². The van der Waals surface area contributed by atoms with E-state index in [0.29, 0.717) is 29.2 Å². The Morgan fingerprint density at radius 1 is 1.35 bits per heavy atom. The lowest BCUT2D eigenvalue weighted by Crippen LogP contribution is -2.29. The summed E-state index contributed by atoms with van der Waals surface area (Å²) in [6, 6.07) is 7.61. The summed E-state index contributed by atoms with van der Waals surface area (Å²) in [4.78, 5) is 29.8. The normalized spacial score (nSPS) is 14.8. The van der Waals surface area contributed by atoms with Crippen LogP contribution in [0.15, 0.2) is 34.2 Å². The van der Waals surface area contributed by atoms with Gasteiger partial charge in [-0.2, -0.15) is 0 Å². The summed E-state index contributed by atoms with van der Waals surface area (Å²) >= 11 is 1.34. The van der Waals surface area contributed by atoms with Gasteiger partial charge in [-0.15, -0.1) is 0 Å². The molecule has 140 valence electrons. The fraction of sp³-hybridized carbons (Fsp3) is 0.526. The van der Waals surface area contributed by atoms with Gasteiger partial charge in [0.2, 0.25) is 5.91 Å². The number of benzene rings is 1. The molecule has 7 heteroatoms. The van der Waals surface area contributed by atoms with Crippen molar-refractivity contribution in [3.63, 3.8) is 0 Å². The second kappa shape index (κ2) is 9.19. The van der Waals surface area contributed by atoms with Crippen molar-refractivity contribution in [3.05, 3.63) is 34.6 Å². The minimum absolute atomic E-state index is 0.00510. The van der Waals surface area contributed by atoms with Gasteiger partial charge >= 0.3 is 0 Å². The molecule has 0 saturated heterocycles. The van der Waals surface area contributed by atoms with Crippen molar-refractivity contribution < 1.29 is 9.53 Å². The Morgan fingerprint density at radius 3 is 2.88 bits per heavy atom. The maximum Gasteiger partial charge on any atom is 0.262 e. The van der Waals surface area contributed by atoms with Gasteiger partial charge in [0.25, 0.3) is 5.56 Å². The van der Waals surface area contributed by atoms with Gasteiger partial charge in [-0.05, 0) is 31.4 Å². The third-order valence-corrected chi connectivity index (χ3v) is 5.60. The van der Waals surface area contributed by atoms with Crippen LogP contribution >= 0.6 is 11.8 Å². The van der Waals surface area contributed by atoms with E-state index in [-0.39, 0.29) is 23.3 Å². The first kappa shape index (κ1) is 18.9. The van der Waals surface area contributed by atoms with Crippen LogP contribution in [0, 0.1) is 0 Å². The number of thioether (sulfide) groups is 1. The number of para-hydroxylation sites is 1. The molecule has 1 aromatic heterocycles. The van der Waals surface area contributed by atoms with Gasteiger partial charge < -0.3 is 10.1 Å². The molecule has 26 heavy (non-hydrogen) atoms. The van der Waals surface area contributed by atoms with Crippen molar-refractivity contribution in [2.24, 2.45) is 0 Å². The standard InChI is InChI=1S/C19H25N3O3S/c1-25-12-6-11-20-17(23)13-26-19-21-16-10-5-4-9-15(16)18(24)22(19)14-7-2-3-8-14/h4-5,9-10,14H,2-3,6-8,11-13H2,1H3,(H,20,23). The minimum atomic E-state index is -0.0496. The van der Waals surface area contributed by atoms with Gasteiger partial charge in [0.15, 0.2) is 5.16 Å². The number of amides is 1. The fourth-order valence-corrected chi connectivity index (χ4v) is 4.23. The van der Waals surface area contributed by atoms with Crippen LogP contribution in [0.2, 0.25) is 0 Å². The van der Waals surface area contributed by atoms with E-state index in [4.69, 9.17) is 4.74 Å². The average Bonchev–Trinajstić information content (AvgIpc) is 3.18. The molecule has 1 aliphatic rings. The summed E-state index contributed by atoms with van der Waals surface area (Å²) in [5.74, 6) is 0.205. The SMILES string of the molecule is COCCCNC(=O)CSc1nc2ccccc2c(=O)n1C1CCCC1. The Morgan fingerprint density at radius 2 is 2.12 bits per heavy atom. The second-order valence-corrected chi connectivity index (χ2v) is 7.45. The Labute approximate surface area is 157 Å². The Hall–Kier alpha value is -1.86. The highest BCUT2D eigenvalue weighted by Gasteiger charge is 2.23. The third kappa shape index (κ3) is 4.45. The van der Waals surface area contributed by atoms with E-state index in [1.165, 1.54) is 11.8 Å². The minimum Gasteiger partial charge on any atom is -0.385 e. The number of fused-ring (bicyclic) bond motifs is 1. The first-order valence-electron chi connectivity index (χ1n) is 9.10. The summed E-state index contributed by atoms with van der Waals surface area (Å²) in [7, 11) is 1.64. The molecular formula is C19H25N3O3S. The first-order chi connectivity index (χ1) is 12.7. The van der Waals surface area contributed by atoms with Crippen LogP contribution in [0.1, 0.15) is 38.1 Å². The van der Waals surface area contributed by atoms with Crippen LogP contribution < -0.4 is 10.9 Å². The molecule has 2 aromatic rings. The second-order valence-electron chi connectivity index (χ2n) is 6.51. The van der Waals surface area contributed by atoms with E-state index in [1.54, 1.807) is 7.11 Å². The topological polar surface area (TPSA) is 73.2 Å². The predicted molar refractivity (Wildman–Crippen MR) is 104 cm³/mol. The number of carbonyl (C=O) groups excluding carboxylic acids is 1. The molecule has 1 heterocycles. The van der Waals surface area contributed by atoms with E-state index in [9.17, 15) is 9.59 Å². The molecule has 1 aromatic carbocycles. The van der Waals surface area contributed by atoms with Gasteiger partial charge in [0.05, 0.1) is 16.7 Å². The largest absolute Gasteiger partial charge is 0.385 e. The summed E-state index contributed by atoms with van der Waals surface area (Å²) in [5, 5.41) is 4.17. The zero-order valence-electron chi connectivity index (χ0n) is 15.1.